The van der Waals surface area contributed by atoms with Crippen LogP contribution >= 0.6 is 0 Å². The summed E-state index contributed by atoms with van der Waals surface area (Å²) in [6, 6.07) is 14.3. The van der Waals surface area contributed by atoms with E-state index in [1.807, 2.05) is 18.2 Å². The predicted molar refractivity (Wildman–Crippen MR) is 120 cm³/mol. The number of sulfonamides is 1. The quantitative estimate of drug-likeness (QED) is 0.505. The highest BCUT2D eigenvalue weighted by Crippen LogP contribution is 2.29. The second-order valence-electron chi connectivity index (χ2n) is 8.21. The normalized spacial score (nSPS) is 15.8. The first-order chi connectivity index (χ1) is 15.0. The van der Waals surface area contributed by atoms with E-state index in [0.717, 1.165) is 11.5 Å². The molecule has 1 aliphatic rings. The summed E-state index contributed by atoms with van der Waals surface area (Å²) >= 11 is 0. The van der Waals surface area contributed by atoms with Crippen molar-refractivity contribution in [2.75, 3.05) is 4.72 Å². The van der Waals surface area contributed by atoms with Crippen molar-refractivity contribution in [3.05, 3.63) is 60.5 Å². The molecule has 0 amide bonds. The zero-order valence-electron chi connectivity index (χ0n) is 17.6. The smallest absolute Gasteiger partial charge is 0.261 e. The third-order valence-electron chi connectivity index (χ3n) is 5.85. The lowest BCUT2D eigenvalue weighted by molar-refractivity contribution is 0.404. The van der Waals surface area contributed by atoms with Crippen molar-refractivity contribution in [2.24, 2.45) is 5.92 Å². The van der Waals surface area contributed by atoms with Gasteiger partial charge in [0.15, 0.2) is 0 Å². The summed E-state index contributed by atoms with van der Waals surface area (Å²) in [7, 11) is -3.72. The summed E-state index contributed by atoms with van der Waals surface area (Å²) in [5, 5.41) is 7.32. The lowest BCUT2D eigenvalue weighted by Gasteiger charge is -2.19. The molecule has 1 saturated carbocycles. The largest absolute Gasteiger partial charge is 0.342 e. The maximum Gasteiger partial charge on any atom is 0.261 e. The van der Waals surface area contributed by atoms with E-state index in [-0.39, 0.29) is 4.90 Å². The summed E-state index contributed by atoms with van der Waals surface area (Å²) in [5.41, 5.74) is 2.20. The standard InChI is InChI=1S/C23H28N4O3S/c1-17(14-18-6-2-3-7-18)24-15-20-8-4-5-9-22(20)27-31(28,29)21-12-10-19(11-13-21)23-25-16-30-26-23/h4-5,8-13,16-18,24,27H,2-3,6-7,14-15H2,1H3/t17-/m0/s1. The lowest BCUT2D eigenvalue weighted by atomic mass is 9.99. The number of anilines is 1. The maximum absolute atomic E-state index is 12.9. The van der Waals surface area contributed by atoms with E-state index >= 15 is 0 Å². The Labute approximate surface area is 183 Å². The fraction of sp³-hybridized carbons (Fsp3) is 0.391. The summed E-state index contributed by atoms with van der Waals surface area (Å²) in [4.78, 5) is 4.15. The molecule has 2 aromatic carbocycles. The van der Waals surface area contributed by atoms with Crippen molar-refractivity contribution in [3.63, 3.8) is 0 Å². The molecule has 0 unspecified atom stereocenters. The zero-order chi connectivity index (χ0) is 21.7. The Kier molecular flexibility index (Phi) is 6.67. The van der Waals surface area contributed by atoms with Gasteiger partial charge in [-0.2, -0.15) is 4.98 Å². The number of nitrogens with one attached hydrogen (secondary N) is 2. The van der Waals surface area contributed by atoms with E-state index in [1.54, 1.807) is 30.3 Å². The molecule has 1 atom stereocenters. The molecule has 8 heteroatoms. The van der Waals surface area contributed by atoms with Crippen LogP contribution in [0.4, 0.5) is 5.69 Å². The van der Waals surface area contributed by atoms with Gasteiger partial charge >= 0.3 is 0 Å². The second kappa shape index (κ2) is 9.62. The maximum atomic E-state index is 12.9. The third-order valence-corrected chi connectivity index (χ3v) is 7.23. The molecule has 0 saturated heterocycles. The van der Waals surface area contributed by atoms with E-state index in [4.69, 9.17) is 4.52 Å². The van der Waals surface area contributed by atoms with Gasteiger partial charge in [0.1, 0.15) is 0 Å². The third kappa shape index (κ3) is 5.51. The van der Waals surface area contributed by atoms with Crippen LogP contribution < -0.4 is 10.0 Å². The fourth-order valence-electron chi connectivity index (χ4n) is 4.17. The first-order valence-corrected chi connectivity index (χ1v) is 12.2. The zero-order valence-corrected chi connectivity index (χ0v) is 18.4. The fourth-order valence-corrected chi connectivity index (χ4v) is 5.27. The number of hydrogen-bond donors (Lipinski definition) is 2. The van der Waals surface area contributed by atoms with Crippen molar-refractivity contribution in [1.82, 2.24) is 15.5 Å². The average molecular weight is 441 g/mol. The monoisotopic (exact) mass is 440 g/mol. The minimum absolute atomic E-state index is 0.178. The van der Waals surface area contributed by atoms with Crippen LogP contribution in [0.5, 0.6) is 0 Å². The molecule has 0 bridgehead atoms. The summed E-state index contributed by atoms with van der Waals surface area (Å²) in [6.45, 7) is 2.82. The Balaban J connectivity index is 1.42. The highest BCUT2D eigenvalue weighted by Gasteiger charge is 2.19. The first-order valence-electron chi connectivity index (χ1n) is 10.7. The van der Waals surface area contributed by atoms with Gasteiger partial charge in [-0.1, -0.05) is 49.0 Å². The van der Waals surface area contributed by atoms with Crippen molar-refractivity contribution in [3.8, 4) is 11.4 Å². The molecule has 1 aliphatic carbocycles. The molecule has 0 spiro atoms. The van der Waals surface area contributed by atoms with Crippen LogP contribution in [0.2, 0.25) is 0 Å². The number of hydrogen-bond acceptors (Lipinski definition) is 6. The van der Waals surface area contributed by atoms with E-state index in [1.165, 1.54) is 38.5 Å². The second-order valence-corrected chi connectivity index (χ2v) is 9.89. The van der Waals surface area contributed by atoms with Gasteiger partial charge in [-0.05, 0) is 55.2 Å². The summed E-state index contributed by atoms with van der Waals surface area (Å²) < 4.78 is 33.4. The van der Waals surface area contributed by atoms with Crippen LogP contribution in [0.25, 0.3) is 11.4 Å². The number of para-hydroxylation sites is 1. The van der Waals surface area contributed by atoms with Crippen LogP contribution in [0.3, 0.4) is 0 Å². The number of aromatic nitrogens is 2. The minimum Gasteiger partial charge on any atom is -0.342 e. The van der Waals surface area contributed by atoms with Gasteiger partial charge in [-0.3, -0.25) is 4.72 Å². The molecule has 2 N–H and O–H groups in total. The van der Waals surface area contributed by atoms with Crippen LogP contribution in [-0.2, 0) is 16.6 Å². The van der Waals surface area contributed by atoms with Crippen molar-refractivity contribution < 1.29 is 12.9 Å². The number of nitrogens with zero attached hydrogens (tertiary/aromatic N) is 2. The molecule has 164 valence electrons. The van der Waals surface area contributed by atoms with E-state index in [9.17, 15) is 8.42 Å². The molecule has 0 radical (unpaired) electrons. The highest BCUT2D eigenvalue weighted by molar-refractivity contribution is 7.92. The molecular formula is C23H28N4O3S. The number of benzene rings is 2. The van der Waals surface area contributed by atoms with Crippen molar-refractivity contribution >= 4 is 15.7 Å². The molecule has 1 fully saturated rings. The molecule has 0 aliphatic heterocycles. The Morgan fingerprint density at radius 2 is 1.84 bits per heavy atom. The van der Waals surface area contributed by atoms with E-state index < -0.39 is 10.0 Å². The van der Waals surface area contributed by atoms with Crippen LogP contribution in [-0.4, -0.2) is 24.6 Å². The molecule has 1 heterocycles. The average Bonchev–Trinajstić information content (AvgIpc) is 3.47. The van der Waals surface area contributed by atoms with E-state index in [0.29, 0.717) is 29.7 Å². The SMILES string of the molecule is C[C@@H](CC1CCCC1)NCc1ccccc1NS(=O)(=O)c1ccc(-c2ncon2)cc1. The molecule has 1 aromatic heterocycles. The minimum atomic E-state index is -3.72. The van der Waals surface area contributed by atoms with Gasteiger partial charge in [0.05, 0.1) is 10.6 Å². The highest BCUT2D eigenvalue weighted by atomic mass is 32.2. The Hall–Kier alpha value is -2.71. The molecule has 7 nitrogen and oxygen atoms in total. The first kappa shape index (κ1) is 21.5. The summed E-state index contributed by atoms with van der Waals surface area (Å²) in [6.07, 6.45) is 7.75. The Morgan fingerprint density at radius 3 is 2.55 bits per heavy atom. The molecular weight excluding hydrogens is 412 g/mol. The van der Waals surface area contributed by atoms with Crippen molar-refractivity contribution in [1.29, 1.82) is 0 Å². The Bertz CT molecular complexity index is 1080. The lowest BCUT2D eigenvalue weighted by Crippen LogP contribution is -2.28. The van der Waals surface area contributed by atoms with Crippen LogP contribution in [0.1, 0.15) is 44.6 Å². The Morgan fingerprint density at radius 1 is 1.10 bits per heavy atom. The van der Waals surface area contributed by atoms with Gasteiger partial charge in [0, 0.05) is 18.2 Å². The van der Waals surface area contributed by atoms with Crippen molar-refractivity contribution in [2.45, 2.75) is 56.5 Å². The van der Waals surface area contributed by atoms with Gasteiger partial charge in [-0.15, -0.1) is 0 Å². The van der Waals surface area contributed by atoms with Crippen LogP contribution in [0.15, 0.2) is 64.3 Å². The van der Waals surface area contributed by atoms with Gasteiger partial charge in [0.25, 0.3) is 10.0 Å². The van der Waals surface area contributed by atoms with Gasteiger partial charge in [0.2, 0.25) is 12.2 Å². The number of rotatable bonds is 9. The summed E-state index contributed by atoms with van der Waals surface area (Å²) in [5.74, 6) is 1.23. The van der Waals surface area contributed by atoms with E-state index in [2.05, 4.69) is 27.1 Å². The molecule has 4 rings (SSSR count). The molecule has 31 heavy (non-hydrogen) atoms. The molecule has 3 aromatic rings. The van der Waals surface area contributed by atoms with Crippen LogP contribution in [0, 0.1) is 5.92 Å². The van der Waals surface area contributed by atoms with Gasteiger partial charge in [-0.25, -0.2) is 8.42 Å². The predicted octanol–water partition coefficient (Wildman–Crippen LogP) is 4.60. The topological polar surface area (TPSA) is 97.1 Å². The van der Waals surface area contributed by atoms with Gasteiger partial charge < -0.3 is 9.84 Å².